The molecular weight excluding hydrogens is 206 g/mol. The molecule has 1 atom stereocenters. The van der Waals surface area contributed by atoms with Gasteiger partial charge in [-0.3, -0.25) is 0 Å². The van der Waals surface area contributed by atoms with E-state index in [0.29, 0.717) is 4.32 Å². The van der Waals surface area contributed by atoms with Gasteiger partial charge in [0.1, 0.15) is 10.4 Å². The molecule has 0 unspecified atom stereocenters. The Labute approximate surface area is 87.5 Å². The van der Waals surface area contributed by atoms with Gasteiger partial charge in [-0.15, -0.1) is 11.8 Å². The Morgan fingerprint density at radius 2 is 2.31 bits per heavy atom. The van der Waals surface area contributed by atoms with Crippen molar-refractivity contribution in [2.45, 2.75) is 25.3 Å². The van der Waals surface area contributed by atoms with Crippen LogP contribution in [0.5, 0.6) is 0 Å². The fraction of sp³-hybridized carbons (Fsp3) is 0.750. The molecule has 0 amide bonds. The molecule has 1 fully saturated rings. The van der Waals surface area contributed by atoms with E-state index in [1.54, 1.807) is 0 Å². The van der Waals surface area contributed by atoms with Crippen molar-refractivity contribution in [3.63, 3.8) is 0 Å². The van der Waals surface area contributed by atoms with Gasteiger partial charge in [0.2, 0.25) is 0 Å². The highest BCUT2D eigenvalue weighted by molar-refractivity contribution is 8.22. The summed E-state index contributed by atoms with van der Waals surface area (Å²) in [4.78, 5) is 12.7. The van der Waals surface area contributed by atoms with Crippen molar-refractivity contribution in [2.24, 2.45) is 0 Å². The van der Waals surface area contributed by atoms with Crippen molar-refractivity contribution >= 4 is 34.3 Å². The first-order valence-electron chi connectivity index (χ1n) is 4.24. The van der Waals surface area contributed by atoms with E-state index >= 15 is 0 Å². The third kappa shape index (κ3) is 2.57. The van der Waals surface area contributed by atoms with Crippen LogP contribution in [-0.4, -0.2) is 39.1 Å². The minimum absolute atomic E-state index is 0.395. The Hall–Kier alpha value is -0.290. The molecule has 0 bridgehead atoms. The number of thiocarbonyl (C=S) groups is 1. The van der Waals surface area contributed by atoms with Crippen LogP contribution in [0, 0.1) is 0 Å². The van der Waals surface area contributed by atoms with Crippen LogP contribution in [0.2, 0.25) is 0 Å². The Morgan fingerprint density at radius 3 is 2.85 bits per heavy atom. The molecule has 1 rings (SSSR count). The molecule has 1 heterocycles. The molecule has 3 nitrogen and oxygen atoms in total. The summed E-state index contributed by atoms with van der Waals surface area (Å²) in [6.45, 7) is 0.788. The van der Waals surface area contributed by atoms with Crippen molar-refractivity contribution in [3.05, 3.63) is 0 Å². The zero-order valence-corrected chi connectivity index (χ0v) is 9.16. The molecule has 0 radical (unpaired) electrons. The normalized spacial score (nSPS) is 22.8. The summed E-state index contributed by atoms with van der Waals surface area (Å²) in [5.74, 6) is -0.754. The van der Waals surface area contributed by atoms with Crippen LogP contribution in [0.3, 0.4) is 0 Å². The number of nitrogens with zero attached hydrogens (tertiary/aromatic N) is 1. The second-order valence-corrected chi connectivity index (χ2v) is 4.45. The fourth-order valence-electron chi connectivity index (χ4n) is 1.52. The van der Waals surface area contributed by atoms with Crippen molar-refractivity contribution in [3.8, 4) is 0 Å². The summed E-state index contributed by atoms with van der Waals surface area (Å²) in [7, 11) is 0. The molecule has 1 saturated heterocycles. The summed E-state index contributed by atoms with van der Waals surface area (Å²) < 4.78 is 0.701. The number of thioether (sulfide) groups is 1. The van der Waals surface area contributed by atoms with E-state index in [-0.39, 0.29) is 0 Å². The highest BCUT2D eigenvalue weighted by Gasteiger charge is 2.29. The Kier molecular flexibility index (Phi) is 3.99. The average molecular weight is 219 g/mol. The minimum atomic E-state index is -0.754. The molecule has 0 aromatic carbocycles. The number of rotatable bonds is 1. The van der Waals surface area contributed by atoms with Gasteiger partial charge >= 0.3 is 5.97 Å². The topological polar surface area (TPSA) is 40.5 Å². The van der Waals surface area contributed by atoms with Crippen molar-refractivity contribution < 1.29 is 9.90 Å². The van der Waals surface area contributed by atoms with Gasteiger partial charge in [-0.25, -0.2) is 4.79 Å². The van der Waals surface area contributed by atoms with Gasteiger partial charge in [0.05, 0.1) is 0 Å². The molecular formula is C8H13NO2S2. The summed E-state index contributed by atoms with van der Waals surface area (Å²) in [6.07, 6.45) is 4.64. The van der Waals surface area contributed by atoms with Crippen LogP contribution in [0.1, 0.15) is 19.3 Å². The molecule has 0 saturated carbocycles. The Morgan fingerprint density at radius 1 is 1.62 bits per heavy atom. The lowest BCUT2D eigenvalue weighted by Crippen LogP contribution is -2.46. The quantitative estimate of drug-likeness (QED) is 0.678. The van der Waals surface area contributed by atoms with E-state index in [0.717, 1.165) is 25.8 Å². The van der Waals surface area contributed by atoms with E-state index < -0.39 is 12.0 Å². The molecule has 5 heteroatoms. The third-order valence-electron chi connectivity index (χ3n) is 2.20. The van der Waals surface area contributed by atoms with E-state index in [1.807, 2.05) is 11.2 Å². The number of carboxylic acid groups (broad SMARTS) is 1. The predicted molar refractivity (Wildman–Crippen MR) is 58.1 cm³/mol. The maximum Gasteiger partial charge on any atom is 0.326 e. The van der Waals surface area contributed by atoms with Crippen LogP contribution in [0.15, 0.2) is 0 Å². The van der Waals surface area contributed by atoms with Crippen molar-refractivity contribution in [1.82, 2.24) is 4.90 Å². The second kappa shape index (κ2) is 4.81. The van der Waals surface area contributed by atoms with E-state index in [2.05, 4.69) is 0 Å². The van der Waals surface area contributed by atoms with Crippen molar-refractivity contribution in [1.29, 1.82) is 0 Å². The smallest absolute Gasteiger partial charge is 0.326 e. The van der Waals surface area contributed by atoms with E-state index in [9.17, 15) is 4.79 Å². The molecule has 13 heavy (non-hydrogen) atoms. The van der Waals surface area contributed by atoms with E-state index in [1.165, 1.54) is 11.8 Å². The Bertz CT molecular complexity index is 220. The Balaban J connectivity index is 2.67. The van der Waals surface area contributed by atoms with Gasteiger partial charge < -0.3 is 10.0 Å². The number of carbonyl (C=O) groups is 1. The van der Waals surface area contributed by atoms with E-state index in [4.69, 9.17) is 17.3 Å². The standard InChI is InChI=1S/C8H13NO2S2/c1-13-8(12)9-5-3-2-4-6(9)7(10)11/h6H,2-5H2,1H3,(H,10,11)/t6-/m1/s1. The number of hydrogen-bond donors (Lipinski definition) is 1. The van der Waals surface area contributed by atoms with Gasteiger partial charge in [-0.1, -0.05) is 12.2 Å². The van der Waals surface area contributed by atoms with Crippen LogP contribution in [0.25, 0.3) is 0 Å². The summed E-state index contributed by atoms with van der Waals surface area (Å²) in [5.41, 5.74) is 0. The predicted octanol–water partition coefficient (Wildman–Crippen LogP) is 1.57. The lowest BCUT2D eigenvalue weighted by Gasteiger charge is -2.34. The number of aliphatic carboxylic acids is 1. The van der Waals surface area contributed by atoms with Gasteiger partial charge in [-0.05, 0) is 25.5 Å². The SMILES string of the molecule is CSC(=S)N1CCCC[C@@H]1C(=O)O. The van der Waals surface area contributed by atoms with Crippen LogP contribution in [-0.2, 0) is 4.79 Å². The summed E-state index contributed by atoms with van der Waals surface area (Å²) >= 11 is 6.54. The van der Waals surface area contributed by atoms with Gasteiger partial charge in [-0.2, -0.15) is 0 Å². The first-order chi connectivity index (χ1) is 6.16. The van der Waals surface area contributed by atoms with Crippen molar-refractivity contribution in [2.75, 3.05) is 12.8 Å². The highest BCUT2D eigenvalue weighted by atomic mass is 32.2. The average Bonchev–Trinajstić information content (AvgIpc) is 2.16. The lowest BCUT2D eigenvalue weighted by atomic mass is 10.0. The molecule has 0 aliphatic carbocycles. The number of hydrogen-bond acceptors (Lipinski definition) is 3. The van der Waals surface area contributed by atoms with Gasteiger partial charge in [0.25, 0.3) is 0 Å². The first-order valence-corrected chi connectivity index (χ1v) is 5.87. The molecule has 1 N–H and O–H groups in total. The fourth-order valence-corrected chi connectivity index (χ4v) is 2.20. The maximum atomic E-state index is 10.9. The lowest BCUT2D eigenvalue weighted by molar-refractivity contribution is -0.142. The molecule has 1 aliphatic rings. The summed E-state index contributed by atoms with van der Waals surface area (Å²) in [6, 6.07) is -0.395. The van der Waals surface area contributed by atoms with Crippen LogP contribution < -0.4 is 0 Å². The maximum absolute atomic E-state index is 10.9. The monoisotopic (exact) mass is 219 g/mol. The minimum Gasteiger partial charge on any atom is -0.480 e. The number of piperidine rings is 1. The summed E-state index contributed by atoms with van der Waals surface area (Å²) in [5, 5.41) is 8.94. The molecule has 74 valence electrons. The first kappa shape index (κ1) is 10.8. The zero-order chi connectivity index (χ0) is 9.84. The molecule has 0 aromatic heterocycles. The molecule has 0 spiro atoms. The molecule has 0 aromatic rings. The van der Waals surface area contributed by atoms with Gasteiger partial charge in [0.15, 0.2) is 0 Å². The largest absolute Gasteiger partial charge is 0.480 e. The van der Waals surface area contributed by atoms with Gasteiger partial charge in [0, 0.05) is 6.54 Å². The number of carboxylic acids is 1. The molecule has 1 aliphatic heterocycles. The zero-order valence-electron chi connectivity index (χ0n) is 7.52. The third-order valence-corrected chi connectivity index (χ3v) is 3.52. The number of likely N-dealkylation sites (tertiary alicyclic amines) is 1. The van der Waals surface area contributed by atoms with Crippen LogP contribution in [0.4, 0.5) is 0 Å². The highest BCUT2D eigenvalue weighted by Crippen LogP contribution is 2.20. The van der Waals surface area contributed by atoms with Crippen LogP contribution >= 0.6 is 24.0 Å². The second-order valence-electron chi connectivity index (χ2n) is 3.01.